The van der Waals surface area contributed by atoms with Gasteiger partial charge < -0.3 is 4.74 Å². The van der Waals surface area contributed by atoms with E-state index in [1.807, 2.05) is 31.2 Å². The van der Waals surface area contributed by atoms with Gasteiger partial charge in [-0.3, -0.25) is 4.98 Å². The molecule has 0 amide bonds. The fourth-order valence-electron chi connectivity index (χ4n) is 1.36. The molecule has 1 heterocycles. The van der Waals surface area contributed by atoms with E-state index in [9.17, 15) is 0 Å². The molecule has 2 aromatic rings. The Morgan fingerprint density at radius 1 is 1.07 bits per heavy atom. The van der Waals surface area contributed by atoms with Crippen molar-refractivity contribution in [3.63, 3.8) is 0 Å². The predicted molar refractivity (Wildman–Crippen MR) is 58.8 cm³/mol. The van der Waals surface area contributed by atoms with Crippen LogP contribution in [0.5, 0.6) is 5.75 Å². The summed E-state index contributed by atoms with van der Waals surface area (Å²) in [6.07, 6.45) is 3.50. The van der Waals surface area contributed by atoms with E-state index < -0.39 is 0 Å². The van der Waals surface area contributed by atoms with Crippen LogP contribution in [-0.2, 0) is 0 Å². The number of aromatic nitrogens is 2. The van der Waals surface area contributed by atoms with Crippen molar-refractivity contribution in [1.29, 1.82) is 0 Å². The molecule has 3 nitrogen and oxygen atoms in total. The third-order valence-corrected chi connectivity index (χ3v) is 2.14. The van der Waals surface area contributed by atoms with E-state index in [-0.39, 0.29) is 0 Å². The van der Waals surface area contributed by atoms with Gasteiger partial charge in [-0.1, -0.05) is 0 Å². The number of nitrogens with zero attached hydrogens (tertiary/aromatic N) is 2. The van der Waals surface area contributed by atoms with Gasteiger partial charge in [-0.25, -0.2) is 4.98 Å². The maximum atomic E-state index is 5.09. The van der Waals surface area contributed by atoms with Crippen molar-refractivity contribution >= 4 is 0 Å². The zero-order valence-corrected chi connectivity index (χ0v) is 8.77. The minimum atomic E-state index is 0.847. The van der Waals surface area contributed by atoms with Crippen molar-refractivity contribution < 1.29 is 4.74 Å². The van der Waals surface area contributed by atoms with Gasteiger partial charge in [-0.05, 0) is 31.2 Å². The summed E-state index contributed by atoms with van der Waals surface area (Å²) in [5, 5.41) is 0. The Morgan fingerprint density at radius 2 is 1.80 bits per heavy atom. The highest BCUT2D eigenvalue weighted by Crippen LogP contribution is 2.19. The van der Waals surface area contributed by atoms with E-state index in [4.69, 9.17) is 4.74 Å². The highest BCUT2D eigenvalue weighted by Gasteiger charge is 2.00. The molecular weight excluding hydrogens is 188 g/mol. The van der Waals surface area contributed by atoms with E-state index in [1.165, 1.54) is 0 Å². The van der Waals surface area contributed by atoms with E-state index in [1.54, 1.807) is 19.5 Å². The summed E-state index contributed by atoms with van der Waals surface area (Å²) in [6, 6.07) is 7.78. The summed E-state index contributed by atoms with van der Waals surface area (Å²) >= 11 is 0. The van der Waals surface area contributed by atoms with Crippen LogP contribution in [-0.4, -0.2) is 17.1 Å². The fourth-order valence-corrected chi connectivity index (χ4v) is 1.36. The first-order valence-corrected chi connectivity index (χ1v) is 4.72. The van der Waals surface area contributed by atoms with Gasteiger partial charge in [0.2, 0.25) is 0 Å². The molecular formula is C12H12N2O. The van der Waals surface area contributed by atoms with Gasteiger partial charge in [0.05, 0.1) is 24.7 Å². The maximum absolute atomic E-state index is 5.09. The highest BCUT2D eigenvalue weighted by molar-refractivity contribution is 5.59. The molecule has 76 valence electrons. The van der Waals surface area contributed by atoms with Crippen molar-refractivity contribution in [1.82, 2.24) is 9.97 Å². The second kappa shape index (κ2) is 4.09. The quantitative estimate of drug-likeness (QED) is 0.747. The van der Waals surface area contributed by atoms with Crippen LogP contribution in [0.4, 0.5) is 0 Å². The molecule has 3 heteroatoms. The van der Waals surface area contributed by atoms with Crippen LogP contribution in [0.2, 0.25) is 0 Å². The van der Waals surface area contributed by atoms with Crippen molar-refractivity contribution in [2.75, 3.05) is 7.11 Å². The summed E-state index contributed by atoms with van der Waals surface area (Å²) in [6.45, 7) is 1.93. The third kappa shape index (κ3) is 2.13. The Labute approximate surface area is 88.8 Å². The van der Waals surface area contributed by atoms with E-state index in [0.29, 0.717) is 0 Å². The minimum Gasteiger partial charge on any atom is -0.497 e. The molecule has 1 aromatic heterocycles. The van der Waals surface area contributed by atoms with Crippen LogP contribution < -0.4 is 4.74 Å². The molecule has 0 saturated heterocycles. The lowest BCUT2D eigenvalue weighted by atomic mass is 10.1. The molecule has 0 aliphatic rings. The third-order valence-electron chi connectivity index (χ3n) is 2.14. The van der Waals surface area contributed by atoms with Crippen molar-refractivity contribution in [2.24, 2.45) is 0 Å². The normalized spacial score (nSPS) is 10.0. The smallest absolute Gasteiger partial charge is 0.118 e. The van der Waals surface area contributed by atoms with Crippen LogP contribution in [0.25, 0.3) is 11.3 Å². The lowest BCUT2D eigenvalue weighted by molar-refractivity contribution is 0.415. The molecule has 0 spiro atoms. The number of hydrogen-bond donors (Lipinski definition) is 0. The lowest BCUT2D eigenvalue weighted by Crippen LogP contribution is -1.89. The Bertz CT molecular complexity index is 451. The fraction of sp³-hybridized carbons (Fsp3) is 0.167. The van der Waals surface area contributed by atoms with E-state index in [2.05, 4.69) is 9.97 Å². The number of benzene rings is 1. The molecule has 2 rings (SSSR count). The van der Waals surface area contributed by atoms with Gasteiger partial charge in [-0.2, -0.15) is 0 Å². The van der Waals surface area contributed by atoms with Crippen LogP contribution in [0, 0.1) is 6.92 Å². The SMILES string of the molecule is COc1ccc(-c2cncc(C)n2)cc1. The molecule has 0 fully saturated rings. The molecule has 0 aliphatic heterocycles. The molecule has 0 saturated carbocycles. The topological polar surface area (TPSA) is 35.0 Å². The highest BCUT2D eigenvalue weighted by atomic mass is 16.5. The first-order chi connectivity index (χ1) is 7.29. The second-order valence-corrected chi connectivity index (χ2v) is 3.27. The number of rotatable bonds is 2. The largest absolute Gasteiger partial charge is 0.497 e. The summed E-state index contributed by atoms with van der Waals surface area (Å²) < 4.78 is 5.09. The average Bonchev–Trinajstić information content (AvgIpc) is 2.29. The number of methoxy groups -OCH3 is 1. The number of aryl methyl sites for hydroxylation is 1. The standard InChI is InChI=1S/C12H12N2O/c1-9-7-13-8-12(14-9)10-3-5-11(15-2)6-4-10/h3-8H,1-2H3. The Kier molecular flexibility index (Phi) is 2.63. The van der Waals surface area contributed by atoms with Crippen LogP contribution in [0.1, 0.15) is 5.69 Å². The van der Waals surface area contributed by atoms with Gasteiger partial charge >= 0.3 is 0 Å². The monoisotopic (exact) mass is 200 g/mol. The molecule has 0 aliphatic carbocycles. The molecule has 0 radical (unpaired) electrons. The molecule has 15 heavy (non-hydrogen) atoms. The number of hydrogen-bond acceptors (Lipinski definition) is 3. The van der Waals surface area contributed by atoms with Crippen molar-refractivity contribution in [3.8, 4) is 17.0 Å². The molecule has 0 bridgehead atoms. The van der Waals surface area contributed by atoms with E-state index >= 15 is 0 Å². The van der Waals surface area contributed by atoms with Gasteiger partial charge in [0.1, 0.15) is 5.75 Å². The summed E-state index contributed by atoms with van der Waals surface area (Å²) in [5.74, 6) is 0.847. The molecule has 0 atom stereocenters. The van der Waals surface area contributed by atoms with Gasteiger partial charge in [0.25, 0.3) is 0 Å². The molecule has 0 unspecified atom stereocenters. The maximum Gasteiger partial charge on any atom is 0.118 e. The lowest BCUT2D eigenvalue weighted by Gasteiger charge is -2.03. The summed E-state index contributed by atoms with van der Waals surface area (Å²) in [4.78, 5) is 8.51. The van der Waals surface area contributed by atoms with Crippen LogP contribution in [0.15, 0.2) is 36.7 Å². The Hall–Kier alpha value is -1.90. The Balaban J connectivity index is 2.37. The van der Waals surface area contributed by atoms with Crippen molar-refractivity contribution in [3.05, 3.63) is 42.4 Å². The molecule has 1 aromatic carbocycles. The summed E-state index contributed by atoms with van der Waals surface area (Å²) in [5.41, 5.74) is 2.85. The number of ether oxygens (including phenoxy) is 1. The average molecular weight is 200 g/mol. The van der Waals surface area contributed by atoms with Gasteiger partial charge in [0, 0.05) is 11.8 Å². The minimum absolute atomic E-state index is 0.847. The van der Waals surface area contributed by atoms with Crippen LogP contribution >= 0.6 is 0 Å². The molecule has 0 N–H and O–H groups in total. The first-order valence-electron chi connectivity index (χ1n) is 4.72. The van der Waals surface area contributed by atoms with E-state index in [0.717, 1.165) is 22.7 Å². The van der Waals surface area contributed by atoms with Gasteiger partial charge in [0.15, 0.2) is 0 Å². The van der Waals surface area contributed by atoms with Crippen molar-refractivity contribution in [2.45, 2.75) is 6.92 Å². The predicted octanol–water partition coefficient (Wildman–Crippen LogP) is 2.46. The zero-order chi connectivity index (χ0) is 10.7. The summed E-state index contributed by atoms with van der Waals surface area (Å²) in [7, 11) is 1.65. The second-order valence-electron chi connectivity index (χ2n) is 3.27. The zero-order valence-electron chi connectivity index (χ0n) is 8.77. The Morgan fingerprint density at radius 3 is 2.40 bits per heavy atom. The van der Waals surface area contributed by atoms with Gasteiger partial charge in [-0.15, -0.1) is 0 Å². The first kappa shape index (κ1) is 9.65. The van der Waals surface area contributed by atoms with Crippen LogP contribution in [0.3, 0.4) is 0 Å².